The molecule has 0 unspecified atom stereocenters. The summed E-state index contributed by atoms with van der Waals surface area (Å²) in [6.45, 7) is 1.51. The lowest BCUT2D eigenvalue weighted by Gasteiger charge is -2.12. The van der Waals surface area contributed by atoms with E-state index in [-0.39, 0.29) is 17.1 Å². The van der Waals surface area contributed by atoms with E-state index in [9.17, 15) is 14.4 Å². The average molecular weight is 310 g/mol. The monoisotopic (exact) mass is 310 g/mol. The van der Waals surface area contributed by atoms with E-state index in [4.69, 9.17) is 5.11 Å². The number of carbonyl (C=O) groups is 3. The molecule has 2 aromatic rings. The minimum Gasteiger partial charge on any atom is -0.478 e. The summed E-state index contributed by atoms with van der Waals surface area (Å²) in [5.74, 6) is -1.35. The third-order valence-electron chi connectivity index (χ3n) is 3.10. The number of aromatic carboxylic acids is 1. The lowest BCUT2D eigenvalue weighted by atomic mass is 10.1. The number of ketones is 1. The van der Waals surface area contributed by atoms with Gasteiger partial charge in [-0.15, -0.1) is 0 Å². The number of hydrogen-bond donors (Lipinski definition) is 1. The van der Waals surface area contributed by atoms with Crippen molar-refractivity contribution in [2.45, 2.75) is 6.92 Å². The second-order valence-electron chi connectivity index (χ2n) is 4.68. The van der Waals surface area contributed by atoms with E-state index in [1.165, 1.54) is 31.2 Å². The summed E-state index contributed by atoms with van der Waals surface area (Å²) in [5.41, 5.74) is 1.08. The van der Waals surface area contributed by atoms with Gasteiger partial charge in [0.25, 0.3) is 0 Å². The molecule has 0 fully saturated rings. The number of hydrazone groups is 1. The third-order valence-corrected chi connectivity index (χ3v) is 3.10. The zero-order valence-electron chi connectivity index (χ0n) is 12.3. The molecule has 0 bridgehead atoms. The Morgan fingerprint density at radius 3 is 2.13 bits per heavy atom. The minimum absolute atomic E-state index is 0.0978. The number of Topliss-reactive ketones (excluding diaryl/α,β-unsaturated/α-hetero) is 1. The molecule has 0 saturated heterocycles. The van der Waals surface area contributed by atoms with Crippen molar-refractivity contribution in [2.75, 3.05) is 5.01 Å². The summed E-state index contributed by atoms with van der Waals surface area (Å²) >= 11 is 0. The minimum atomic E-state index is -1.06. The summed E-state index contributed by atoms with van der Waals surface area (Å²) < 4.78 is 0. The predicted molar refractivity (Wildman–Crippen MR) is 85.8 cm³/mol. The zero-order chi connectivity index (χ0) is 16.8. The number of carboxylic acids is 1. The molecule has 0 aliphatic heterocycles. The summed E-state index contributed by atoms with van der Waals surface area (Å²) in [5, 5.41) is 13.8. The Morgan fingerprint density at radius 1 is 1.00 bits per heavy atom. The molecule has 0 aliphatic carbocycles. The highest BCUT2D eigenvalue weighted by atomic mass is 16.4. The lowest BCUT2D eigenvalue weighted by molar-refractivity contribution is -0.107. The fraction of sp³-hybridized carbons (Fsp3) is 0.0588. The molecule has 23 heavy (non-hydrogen) atoms. The Hall–Kier alpha value is -3.28. The van der Waals surface area contributed by atoms with Crippen LogP contribution in [-0.4, -0.2) is 29.0 Å². The quantitative estimate of drug-likeness (QED) is 0.384. The molecule has 6 nitrogen and oxygen atoms in total. The molecule has 116 valence electrons. The van der Waals surface area contributed by atoms with Crippen LogP contribution in [0.2, 0.25) is 0 Å². The van der Waals surface area contributed by atoms with Crippen LogP contribution in [0.5, 0.6) is 0 Å². The molecule has 0 aromatic heterocycles. The zero-order valence-corrected chi connectivity index (χ0v) is 12.3. The van der Waals surface area contributed by atoms with Crippen molar-refractivity contribution in [1.82, 2.24) is 0 Å². The Labute approximate surface area is 132 Å². The first-order valence-corrected chi connectivity index (χ1v) is 6.76. The maximum absolute atomic E-state index is 12.2. The van der Waals surface area contributed by atoms with Crippen LogP contribution >= 0.6 is 0 Å². The van der Waals surface area contributed by atoms with E-state index in [1.54, 1.807) is 30.3 Å². The van der Waals surface area contributed by atoms with Crippen molar-refractivity contribution in [1.29, 1.82) is 0 Å². The first-order chi connectivity index (χ1) is 11.0. The summed E-state index contributed by atoms with van der Waals surface area (Å²) in [7, 11) is 0. The molecule has 0 radical (unpaired) electrons. The normalized spacial score (nSPS) is 10.9. The largest absolute Gasteiger partial charge is 0.478 e. The number of benzene rings is 2. The van der Waals surface area contributed by atoms with E-state index < -0.39 is 5.97 Å². The van der Waals surface area contributed by atoms with Crippen molar-refractivity contribution < 1.29 is 19.5 Å². The van der Waals surface area contributed by atoms with E-state index in [1.807, 2.05) is 0 Å². The van der Waals surface area contributed by atoms with Gasteiger partial charge in [0, 0.05) is 5.56 Å². The van der Waals surface area contributed by atoms with Gasteiger partial charge in [0.15, 0.2) is 0 Å². The van der Waals surface area contributed by atoms with Crippen molar-refractivity contribution in [3.05, 3.63) is 65.7 Å². The number of carboxylic acid groups (broad SMARTS) is 1. The molecular formula is C17H14N2O4. The van der Waals surface area contributed by atoms with Crippen molar-refractivity contribution in [3.8, 4) is 0 Å². The van der Waals surface area contributed by atoms with Gasteiger partial charge in [-0.2, -0.15) is 5.10 Å². The van der Waals surface area contributed by atoms with Gasteiger partial charge < -0.3 is 5.11 Å². The second kappa shape index (κ2) is 7.13. The Bertz CT molecular complexity index is 752. The smallest absolute Gasteiger partial charge is 0.335 e. The Balaban J connectivity index is 2.25. The van der Waals surface area contributed by atoms with Gasteiger partial charge in [0.1, 0.15) is 5.71 Å². The van der Waals surface area contributed by atoms with Crippen LogP contribution in [0.15, 0.2) is 59.7 Å². The second-order valence-corrected chi connectivity index (χ2v) is 4.68. The summed E-state index contributed by atoms with van der Waals surface area (Å²) in [6, 6.07) is 14.2. The molecule has 0 saturated carbocycles. The van der Waals surface area contributed by atoms with E-state index >= 15 is 0 Å². The van der Waals surface area contributed by atoms with Gasteiger partial charge in [-0.1, -0.05) is 30.3 Å². The SMILES string of the molecule is C/C(=N/N(C=O)c1ccc(C(=O)O)cc1)C(=O)c1ccccc1. The summed E-state index contributed by atoms with van der Waals surface area (Å²) in [6.07, 6.45) is 0.456. The molecule has 2 rings (SSSR count). The number of nitrogens with zero attached hydrogens (tertiary/aromatic N) is 2. The van der Waals surface area contributed by atoms with Crippen molar-refractivity contribution in [3.63, 3.8) is 0 Å². The number of amides is 1. The first kappa shape index (κ1) is 16.1. The van der Waals surface area contributed by atoms with Crippen LogP contribution in [0.25, 0.3) is 0 Å². The van der Waals surface area contributed by atoms with Crippen LogP contribution < -0.4 is 5.01 Å². The van der Waals surface area contributed by atoms with Crippen molar-refractivity contribution >= 4 is 29.6 Å². The Morgan fingerprint density at radius 2 is 1.61 bits per heavy atom. The topological polar surface area (TPSA) is 87.0 Å². The standard InChI is InChI=1S/C17H14N2O4/c1-12(16(21)13-5-3-2-4-6-13)18-19(11-20)15-9-7-14(8-10-15)17(22)23/h2-11H,1H3,(H,22,23)/b18-12-. The molecule has 6 heteroatoms. The van der Waals surface area contributed by atoms with Crippen LogP contribution in [0.1, 0.15) is 27.6 Å². The molecule has 0 spiro atoms. The third kappa shape index (κ3) is 3.88. The van der Waals surface area contributed by atoms with E-state index in [0.29, 0.717) is 17.7 Å². The van der Waals surface area contributed by atoms with Gasteiger partial charge >= 0.3 is 5.97 Å². The molecule has 1 N–H and O–H groups in total. The van der Waals surface area contributed by atoms with Crippen LogP contribution in [0.4, 0.5) is 5.69 Å². The maximum atomic E-state index is 12.2. The van der Waals surface area contributed by atoms with Gasteiger partial charge in [-0.05, 0) is 31.2 Å². The van der Waals surface area contributed by atoms with Crippen LogP contribution in [0, 0.1) is 0 Å². The van der Waals surface area contributed by atoms with Gasteiger partial charge in [-0.25, -0.2) is 9.80 Å². The average Bonchev–Trinajstić information content (AvgIpc) is 2.59. The molecule has 0 aliphatic rings. The number of rotatable bonds is 6. The molecular weight excluding hydrogens is 296 g/mol. The molecule has 2 aromatic carbocycles. The summed E-state index contributed by atoms with van der Waals surface area (Å²) in [4.78, 5) is 34.3. The van der Waals surface area contributed by atoms with Gasteiger partial charge in [0.05, 0.1) is 11.3 Å². The lowest BCUT2D eigenvalue weighted by Crippen LogP contribution is -2.20. The highest BCUT2D eigenvalue weighted by Gasteiger charge is 2.12. The maximum Gasteiger partial charge on any atom is 0.335 e. The highest BCUT2D eigenvalue weighted by Crippen LogP contribution is 2.15. The Kier molecular flexibility index (Phi) is 4.99. The van der Waals surface area contributed by atoms with Crippen molar-refractivity contribution in [2.24, 2.45) is 5.10 Å². The van der Waals surface area contributed by atoms with Crippen LogP contribution in [0.3, 0.4) is 0 Å². The molecule has 0 atom stereocenters. The van der Waals surface area contributed by atoms with E-state index in [0.717, 1.165) is 5.01 Å². The molecule has 1 amide bonds. The van der Waals surface area contributed by atoms with Gasteiger partial charge in [0.2, 0.25) is 12.2 Å². The van der Waals surface area contributed by atoms with Gasteiger partial charge in [-0.3, -0.25) is 9.59 Å². The van der Waals surface area contributed by atoms with Crippen LogP contribution in [-0.2, 0) is 4.79 Å². The van der Waals surface area contributed by atoms with E-state index in [2.05, 4.69) is 5.10 Å². The predicted octanol–water partition coefficient (Wildman–Crippen LogP) is 2.61. The number of carbonyl (C=O) groups excluding carboxylic acids is 2. The number of anilines is 1. The number of hydrogen-bond acceptors (Lipinski definition) is 4. The first-order valence-electron chi connectivity index (χ1n) is 6.76. The highest BCUT2D eigenvalue weighted by molar-refractivity contribution is 6.45. The fourth-order valence-electron chi connectivity index (χ4n) is 1.90. The fourth-order valence-corrected chi connectivity index (χ4v) is 1.90. The molecule has 0 heterocycles.